The maximum atomic E-state index is 8.81. The van der Waals surface area contributed by atoms with E-state index >= 15 is 0 Å². The number of aryl methyl sites for hydroxylation is 2. The number of ether oxygens (including phenoxy) is 1. The lowest BCUT2D eigenvalue weighted by Gasteiger charge is -2.14. The molecule has 1 rings (SSSR count). The molecule has 0 saturated heterocycles. The van der Waals surface area contributed by atoms with Crippen LogP contribution in [0.15, 0.2) is 48.3 Å². The van der Waals surface area contributed by atoms with Gasteiger partial charge in [-0.3, -0.25) is 0 Å². The molecule has 178 valence electrons. The molecule has 1 unspecified atom stereocenters. The Balaban J connectivity index is 0. The van der Waals surface area contributed by atoms with Crippen LogP contribution in [0.4, 0.5) is 0 Å². The first-order valence-electron chi connectivity index (χ1n) is 11.5. The van der Waals surface area contributed by atoms with E-state index in [1.54, 1.807) is 7.11 Å². The number of hydrogen-bond donors (Lipinski definition) is 1. The number of carbonyl (C=O) groups is 1. The molecule has 0 spiro atoms. The van der Waals surface area contributed by atoms with Gasteiger partial charge >= 0.3 is 0 Å². The standard InChI is InChI=1S/C20H30O.C6H14O.C2H4O/c1-6-7-8-17(3)18(4)15-20(21-5)14-13-19-11-9-16(2)10-12-19;1-6(2,3)4-5-7;1-2-3/h9-12,15,17H,4,6-8,13-14H2,1-3,5H3;7H,4-5H2,1-3H3;2H,1H3/b20-15-;;. The molecule has 0 radical (unpaired) electrons. The first kappa shape index (κ1) is 31.3. The van der Waals surface area contributed by atoms with E-state index < -0.39 is 0 Å². The van der Waals surface area contributed by atoms with Gasteiger partial charge in [0.15, 0.2) is 0 Å². The summed E-state index contributed by atoms with van der Waals surface area (Å²) in [4.78, 5) is 8.81. The van der Waals surface area contributed by atoms with Crippen LogP contribution < -0.4 is 0 Å². The molecule has 1 aromatic carbocycles. The number of hydrogen-bond acceptors (Lipinski definition) is 3. The molecule has 0 aliphatic heterocycles. The molecule has 0 aliphatic rings. The average molecular weight is 433 g/mol. The molecule has 0 saturated carbocycles. The quantitative estimate of drug-likeness (QED) is 0.237. The Labute approximate surface area is 192 Å². The number of aliphatic hydroxyl groups excluding tert-OH is 1. The lowest BCUT2D eigenvalue weighted by molar-refractivity contribution is -0.106. The topological polar surface area (TPSA) is 46.5 Å². The van der Waals surface area contributed by atoms with Gasteiger partial charge in [-0.05, 0) is 61.7 Å². The highest BCUT2D eigenvalue weighted by Gasteiger charge is 2.07. The van der Waals surface area contributed by atoms with E-state index in [0.717, 1.165) is 31.3 Å². The lowest BCUT2D eigenvalue weighted by atomic mass is 9.93. The van der Waals surface area contributed by atoms with Crippen LogP contribution in [0.1, 0.15) is 84.8 Å². The van der Waals surface area contributed by atoms with Crippen LogP contribution in [0, 0.1) is 18.3 Å². The fourth-order valence-electron chi connectivity index (χ4n) is 2.64. The summed E-state index contributed by atoms with van der Waals surface area (Å²) in [5.41, 5.74) is 4.14. The van der Waals surface area contributed by atoms with E-state index in [1.165, 1.54) is 42.9 Å². The first-order valence-corrected chi connectivity index (χ1v) is 11.5. The molecular weight excluding hydrogens is 384 g/mol. The van der Waals surface area contributed by atoms with Gasteiger partial charge in [0.1, 0.15) is 6.29 Å². The van der Waals surface area contributed by atoms with Gasteiger partial charge < -0.3 is 14.6 Å². The van der Waals surface area contributed by atoms with E-state index in [2.05, 4.69) is 78.5 Å². The van der Waals surface area contributed by atoms with Crippen molar-refractivity contribution in [3.05, 3.63) is 59.4 Å². The molecule has 1 aromatic rings. The third-order valence-corrected chi connectivity index (χ3v) is 4.87. The van der Waals surface area contributed by atoms with E-state index in [0.29, 0.717) is 17.9 Å². The summed E-state index contributed by atoms with van der Waals surface area (Å²) in [6, 6.07) is 8.72. The van der Waals surface area contributed by atoms with Crippen molar-refractivity contribution in [3.63, 3.8) is 0 Å². The number of carbonyl (C=O) groups excluding carboxylic acids is 1. The summed E-state index contributed by atoms with van der Waals surface area (Å²) in [6.07, 6.45) is 9.43. The molecule has 0 fully saturated rings. The van der Waals surface area contributed by atoms with Crippen molar-refractivity contribution < 1.29 is 14.6 Å². The fourth-order valence-corrected chi connectivity index (χ4v) is 2.64. The molecule has 3 nitrogen and oxygen atoms in total. The summed E-state index contributed by atoms with van der Waals surface area (Å²) in [5.74, 6) is 1.57. The summed E-state index contributed by atoms with van der Waals surface area (Å²) in [6.45, 7) is 18.9. The maximum absolute atomic E-state index is 8.81. The Morgan fingerprint density at radius 2 is 1.77 bits per heavy atom. The van der Waals surface area contributed by atoms with Crippen LogP contribution in [-0.2, 0) is 16.0 Å². The number of allylic oxidation sites excluding steroid dienone is 3. The van der Waals surface area contributed by atoms with Crippen LogP contribution in [0.2, 0.25) is 0 Å². The van der Waals surface area contributed by atoms with Crippen molar-refractivity contribution in [3.8, 4) is 0 Å². The molecule has 3 heteroatoms. The Morgan fingerprint density at radius 3 is 2.16 bits per heavy atom. The van der Waals surface area contributed by atoms with E-state index in [1.807, 2.05) is 0 Å². The van der Waals surface area contributed by atoms with Crippen molar-refractivity contribution in [2.75, 3.05) is 13.7 Å². The van der Waals surface area contributed by atoms with E-state index in [-0.39, 0.29) is 0 Å². The smallest absolute Gasteiger partial charge is 0.116 e. The second kappa shape index (κ2) is 18.9. The van der Waals surface area contributed by atoms with Gasteiger partial charge in [0, 0.05) is 13.0 Å². The minimum absolute atomic E-state index is 0.300. The zero-order chi connectivity index (χ0) is 24.3. The minimum Gasteiger partial charge on any atom is -0.501 e. The third kappa shape index (κ3) is 19.8. The van der Waals surface area contributed by atoms with Gasteiger partial charge in [-0.15, -0.1) is 0 Å². The van der Waals surface area contributed by atoms with Crippen LogP contribution in [0.25, 0.3) is 0 Å². The van der Waals surface area contributed by atoms with Crippen molar-refractivity contribution in [1.82, 2.24) is 0 Å². The Hall–Kier alpha value is -1.87. The van der Waals surface area contributed by atoms with Gasteiger partial charge in [0.25, 0.3) is 0 Å². The van der Waals surface area contributed by atoms with E-state index in [4.69, 9.17) is 14.6 Å². The second-order valence-corrected chi connectivity index (χ2v) is 9.19. The predicted octanol–water partition coefficient (Wildman–Crippen LogP) is 7.46. The van der Waals surface area contributed by atoms with Crippen LogP contribution in [0.5, 0.6) is 0 Å². The zero-order valence-corrected chi connectivity index (χ0v) is 21.5. The lowest BCUT2D eigenvalue weighted by Crippen LogP contribution is -2.06. The second-order valence-electron chi connectivity index (χ2n) is 9.19. The molecular formula is C28H48O3. The summed E-state index contributed by atoms with van der Waals surface area (Å²) < 4.78 is 5.52. The fraction of sp³-hybridized carbons (Fsp3) is 0.607. The normalized spacial score (nSPS) is 12.0. The summed E-state index contributed by atoms with van der Waals surface area (Å²) >= 11 is 0. The number of rotatable bonds is 10. The van der Waals surface area contributed by atoms with Gasteiger partial charge in [-0.2, -0.15) is 0 Å². The van der Waals surface area contributed by atoms with Gasteiger partial charge in [0.2, 0.25) is 0 Å². The van der Waals surface area contributed by atoms with Gasteiger partial charge in [-0.1, -0.05) is 83.9 Å². The molecule has 0 heterocycles. The predicted molar refractivity (Wildman–Crippen MR) is 135 cm³/mol. The maximum Gasteiger partial charge on any atom is 0.116 e. The van der Waals surface area contributed by atoms with Gasteiger partial charge in [0.05, 0.1) is 12.9 Å². The van der Waals surface area contributed by atoms with Gasteiger partial charge in [-0.25, -0.2) is 0 Å². The van der Waals surface area contributed by atoms with E-state index in [9.17, 15) is 0 Å². The largest absolute Gasteiger partial charge is 0.501 e. The van der Waals surface area contributed by atoms with Crippen molar-refractivity contribution in [2.24, 2.45) is 11.3 Å². The zero-order valence-electron chi connectivity index (χ0n) is 21.5. The summed E-state index contributed by atoms with van der Waals surface area (Å²) in [7, 11) is 1.75. The Morgan fingerprint density at radius 1 is 1.23 bits per heavy atom. The molecule has 1 N–H and O–H groups in total. The van der Waals surface area contributed by atoms with Crippen LogP contribution in [-0.4, -0.2) is 25.1 Å². The number of benzene rings is 1. The van der Waals surface area contributed by atoms with Crippen molar-refractivity contribution in [1.29, 1.82) is 0 Å². The first-order chi connectivity index (χ1) is 14.5. The molecule has 0 amide bonds. The summed E-state index contributed by atoms with van der Waals surface area (Å²) in [5, 5.41) is 8.40. The number of unbranched alkanes of at least 4 members (excludes halogenated alkanes) is 1. The van der Waals surface area contributed by atoms with Crippen molar-refractivity contribution >= 4 is 6.29 Å². The monoisotopic (exact) mass is 432 g/mol. The molecule has 0 bridgehead atoms. The molecule has 0 aromatic heterocycles. The number of methoxy groups -OCH3 is 1. The minimum atomic E-state index is 0.300. The Bertz CT molecular complexity index is 606. The highest BCUT2D eigenvalue weighted by molar-refractivity contribution is 5.44. The molecule has 0 aliphatic carbocycles. The number of aldehydes is 1. The Kier molecular flexibility index (Phi) is 19.1. The third-order valence-electron chi connectivity index (χ3n) is 4.87. The van der Waals surface area contributed by atoms with Crippen LogP contribution in [0.3, 0.4) is 0 Å². The highest BCUT2D eigenvalue weighted by Crippen LogP contribution is 2.20. The average Bonchev–Trinajstić information content (AvgIpc) is 2.70. The molecule has 31 heavy (non-hydrogen) atoms. The highest BCUT2D eigenvalue weighted by atomic mass is 16.5. The van der Waals surface area contributed by atoms with Crippen molar-refractivity contribution in [2.45, 2.75) is 87.0 Å². The molecule has 1 atom stereocenters. The SMILES string of the molecule is C=C(/C=C(/CCc1ccc(C)cc1)OC)C(C)CCCC.CC(C)(C)CCO.CC=O. The number of aliphatic hydroxyl groups is 1. The van der Waals surface area contributed by atoms with Crippen LogP contribution >= 0.6 is 0 Å².